The monoisotopic (exact) mass is 559 g/mol. The van der Waals surface area contributed by atoms with Crippen LogP contribution in [0, 0.1) is 6.92 Å². The fourth-order valence-electron chi connectivity index (χ4n) is 6.90. The lowest BCUT2D eigenvalue weighted by atomic mass is 9.76. The van der Waals surface area contributed by atoms with Crippen molar-refractivity contribution in [3.8, 4) is 0 Å². The van der Waals surface area contributed by atoms with E-state index in [2.05, 4.69) is 120 Å². The van der Waals surface area contributed by atoms with Crippen LogP contribution in [0.1, 0.15) is 56.1 Å². The van der Waals surface area contributed by atoms with Crippen molar-refractivity contribution in [3.63, 3.8) is 0 Å². The molecule has 0 atom stereocenters. The average Bonchev–Trinajstić information content (AvgIpc) is 3.58. The first kappa shape index (κ1) is 26.7. The van der Waals surface area contributed by atoms with Crippen molar-refractivity contribution in [2.24, 2.45) is 0 Å². The Bertz CT molecular complexity index is 1880. The minimum Gasteiger partial charge on any atom is -0.316 e. The quantitative estimate of drug-likeness (QED) is 0.112. The van der Waals surface area contributed by atoms with Crippen LogP contribution in [0.5, 0.6) is 0 Å². The van der Waals surface area contributed by atoms with Gasteiger partial charge in [-0.15, -0.1) is 6.58 Å². The number of allylic oxidation sites excluding steroid dienone is 2. The van der Waals surface area contributed by atoms with Gasteiger partial charge in [0.2, 0.25) is 5.78 Å². The third-order valence-corrected chi connectivity index (χ3v) is 8.85. The summed E-state index contributed by atoms with van der Waals surface area (Å²) < 4.78 is 4.33. The van der Waals surface area contributed by atoms with Crippen molar-refractivity contribution < 1.29 is 4.79 Å². The molecule has 43 heavy (non-hydrogen) atoms. The van der Waals surface area contributed by atoms with E-state index in [1.807, 2.05) is 36.8 Å². The Hall–Kier alpha value is -5.22. The molecule has 0 fully saturated rings. The number of ketones is 1. The van der Waals surface area contributed by atoms with Gasteiger partial charge in [0, 0.05) is 23.0 Å². The molecule has 0 bridgehead atoms. The van der Waals surface area contributed by atoms with Crippen LogP contribution < -0.4 is 0 Å². The van der Waals surface area contributed by atoms with E-state index in [0.29, 0.717) is 6.42 Å². The van der Waals surface area contributed by atoms with E-state index in [1.165, 1.54) is 5.56 Å². The number of nitrogens with zero attached hydrogens (tertiary/aromatic N) is 3. The zero-order valence-electron chi connectivity index (χ0n) is 24.3. The lowest BCUT2D eigenvalue weighted by Crippen LogP contribution is -2.38. The van der Waals surface area contributed by atoms with Gasteiger partial charge in [-0.25, -0.2) is 4.98 Å². The Morgan fingerprint density at radius 1 is 0.814 bits per heavy atom. The van der Waals surface area contributed by atoms with Crippen LogP contribution >= 0.6 is 0 Å². The molecule has 0 saturated heterocycles. The minimum absolute atomic E-state index is 0.0761. The second-order valence-electron chi connectivity index (χ2n) is 11.1. The second-order valence-corrected chi connectivity index (χ2v) is 11.1. The van der Waals surface area contributed by atoms with Gasteiger partial charge in [-0.3, -0.25) is 4.79 Å². The van der Waals surface area contributed by atoms with Gasteiger partial charge in [0.1, 0.15) is 5.54 Å². The summed E-state index contributed by atoms with van der Waals surface area (Å²) >= 11 is 0. The summed E-state index contributed by atoms with van der Waals surface area (Å²) in [5.74, 6) is 0.0761. The number of Topliss-reactive ketones (excluding diaryl/α,β-unsaturated/α-hetero) is 1. The first-order valence-electron chi connectivity index (χ1n) is 14.8. The number of carbonyl (C=O) groups is 1. The zero-order chi connectivity index (χ0) is 29.4. The summed E-state index contributed by atoms with van der Waals surface area (Å²) in [6.07, 6.45) is 10.1. The first-order valence-corrected chi connectivity index (χ1v) is 14.8. The Morgan fingerprint density at radius 2 is 1.40 bits per heavy atom. The lowest BCUT2D eigenvalue weighted by molar-refractivity contribution is 0.102. The van der Waals surface area contributed by atoms with E-state index in [4.69, 9.17) is 4.98 Å². The van der Waals surface area contributed by atoms with Crippen LogP contribution in [0.2, 0.25) is 0 Å². The van der Waals surface area contributed by atoms with E-state index in [-0.39, 0.29) is 5.78 Å². The maximum Gasteiger partial charge on any atom is 0.206 e. The number of rotatable bonds is 7. The Labute approximate surface area is 252 Å². The summed E-state index contributed by atoms with van der Waals surface area (Å²) in [5.41, 5.74) is 9.57. The van der Waals surface area contributed by atoms with Gasteiger partial charge in [-0.2, -0.15) is 0 Å². The molecule has 1 aliphatic rings. The highest BCUT2D eigenvalue weighted by Crippen LogP contribution is 2.42. The Balaban J connectivity index is 1.40. The topological polar surface area (TPSA) is 39.3 Å². The van der Waals surface area contributed by atoms with Crippen LogP contribution in [0.4, 0.5) is 0 Å². The molecule has 7 rings (SSSR count). The van der Waals surface area contributed by atoms with Gasteiger partial charge in [0.25, 0.3) is 0 Å². The van der Waals surface area contributed by atoms with Crippen molar-refractivity contribution in [2.45, 2.75) is 31.7 Å². The van der Waals surface area contributed by atoms with Crippen molar-refractivity contribution >= 4 is 17.4 Å². The molecule has 4 nitrogen and oxygen atoms in total. The SMILES string of the molecule is C=CCc1c2c(n3ccccc13)C(=O)C(=Cc1ncn(C(c3ccccc3)(c3ccccc3)c3ccccc3)c1C)CC2. The van der Waals surface area contributed by atoms with Crippen molar-refractivity contribution in [1.29, 1.82) is 0 Å². The molecular formula is C39H33N3O. The van der Waals surface area contributed by atoms with Gasteiger partial charge in [-0.05, 0) is 72.2 Å². The summed E-state index contributed by atoms with van der Waals surface area (Å²) in [6.45, 7) is 6.07. The van der Waals surface area contributed by atoms with Gasteiger partial charge >= 0.3 is 0 Å². The molecule has 3 aromatic heterocycles. The Kier molecular flexibility index (Phi) is 6.75. The van der Waals surface area contributed by atoms with Crippen LogP contribution in [-0.2, 0) is 18.4 Å². The molecule has 6 aromatic rings. The number of imidazole rings is 1. The normalized spacial score (nSPS) is 14.3. The molecule has 0 unspecified atom stereocenters. The fourth-order valence-corrected chi connectivity index (χ4v) is 6.90. The highest BCUT2D eigenvalue weighted by Gasteiger charge is 2.39. The van der Waals surface area contributed by atoms with Crippen LogP contribution in [-0.4, -0.2) is 19.7 Å². The largest absolute Gasteiger partial charge is 0.316 e. The van der Waals surface area contributed by atoms with Gasteiger partial charge in [0.15, 0.2) is 0 Å². The molecule has 4 heteroatoms. The number of benzene rings is 3. The predicted octanol–water partition coefficient (Wildman–Crippen LogP) is 8.23. The molecular weight excluding hydrogens is 526 g/mol. The molecule has 0 N–H and O–H groups in total. The average molecular weight is 560 g/mol. The maximum atomic E-state index is 14.1. The summed E-state index contributed by atoms with van der Waals surface area (Å²) in [6, 6.07) is 37.9. The van der Waals surface area contributed by atoms with Crippen LogP contribution in [0.25, 0.3) is 11.6 Å². The van der Waals surface area contributed by atoms with Gasteiger partial charge in [-0.1, -0.05) is 103 Å². The number of aromatic nitrogens is 3. The predicted molar refractivity (Wildman–Crippen MR) is 173 cm³/mol. The van der Waals surface area contributed by atoms with Crippen molar-refractivity contribution in [2.75, 3.05) is 0 Å². The molecule has 0 spiro atoms. The van der Waals surface area contributed by atoms with E-state index in [9.17, 15) is 4.79 Å². The molecule has 0 saturated carbocycles. The lowest BCUT2D eigenvalue weighted by Gasteiger charge is -2.38. The van der Waals surface area contributed by atoms with E-state index >= 15 is 0 Å². The fraction of sp³-hybridized carbons (Fsp3) is 0.128. The van der Waals surface area contributed by atoms with Crippen LogP contribution in [0.3, 0.4) is 0 Å². The number of pyridine rings is 1. The summed E-state index contributed by atoms with van der Waals surface area (Å²) in [4.78, 5) is 19.0. The van der Waals surface area contributed by atoms with Crippen molar-refractivity contribution in [3.05, 3.63) is 185 Å². The van der Waals surface area contributed by atoms with E-state index < -0.39 is 5.54 Å². The second kappa shape index (κ2) is 10.9. The summed E-state index contributed by atoms with van der Waals surface area (Å²) in [5, 5.41) is 0. The number of carbonyl (C=O) groups excluding carboxylic acids is 1. The minimum atomic E-state index is -0.654. The van der Waals surface area contributed by atoms with Crippen LogP contribution in [0.15, 0.2) is 140 Å². The Morgan fingerprint density at radius 3 is 1.98 bits per heavy atom. The molecule has 210 valence electrons. The molecule has 0 aliphatic heterocycles. The van der Waals surface area contributed by atoms with E-state index in [0.717, 1.165) is 63.3 Å². The van der Waals surface area contributed by atoms with E-state index in [1.54, 1.807) is 0 Å². The third-order valence-electron chi connectivity index (χ3n) is 8.85. The summed E-state index contributed by atoms with van der Waals surface area (Å²) in [7, 11) is 0. The molecule has 0 radical (unpaired) electrons. The molecule has 0 amide bonds. The number of hydrogen-bond acceptors (Lipinski definition) is 2. The zero-order valence-corrected chi connectivity index (χ0v) is 24.3. The smallest absolute Gasteiger partial charge is 0.206 e. The van der Waals surface area contributed by atoms with Gasteiger partial charge in [0.05, 0.1) is 17.7 Å². The molecule has 3 aromatic carbocycles. The van der Waals surface area contributed by atoms with Crippen molar-refractivity contribution in [1.82, 2.24) is 14.0 Å². The van der Waals surface area contributed by atoms with Gasteiger partial charge < -0.3 is 8.97 Å². The number of hydrogen-bond donors (Lipinski definition) is 0. The standard InChI is InChI=1S/C39H33N3O/c1-3-15-33-34-24-23-29(38(43)37(34)41-25-14-13-22-36(33)41)26-35-28(2)42(27-40-35)39(30-16-7-4-8-17-30,31-18-9-5-10-19-31)32-20-11-6-12-21-32/h3-14,16-22,25-27H,1,15,23-24H2,2H3. The molecule has 1 aliphatic carbocycles. The first-order chi connectivity index (χ1) is 21.1. The molecule has 3 heterocycles. The maximum absolute atomic E-state index is 14.1. The highest BCUT2D eigenvalue weighted by atomic mass is 16.1. The number of fused-ring (bicyclic) bond motifs is 3. The third kappa shape index (κ3) is 4.21. The highest BCUT2D eigenvalue weighted by molar-refractivity contribution is 6.13.